The molecule has 96 valence electrons. The van der Waals surface area contributed by atoms with Gasteiger partial charge in [-0.1, -0.05) is 39.3 Å². The van der Waals surface area contributed by atoms with Crippen molar-refractivity contribution >= 4 is 0 Å². The minimum atomic E-state index is -0.358. The van der Waals surface area contributed by atoms with Gasteiger partial charge in [0.15, 0.2) is 0 Å². The van der Waals surface area contributed by atoms with E-state index in [0.717, 1.165) is 24.3 Å². The van der Waals surface area contributed by atoms with E-state index in [1.807, 2.05) is 31.2 Å². The van der Waals surface area contributed by atoms with Crippen LogP contribution in [-0.4, -0.2) is 11.7 Å². The molecule has 0 spiro atoms. The lowest BCUT2D eigenvalue weighted by molar-refractivity contribution is 0.173. The standard InChI is InChI=1S/C15H24O2/c1-4-6-12(3)11-17-14-9-7-13(8-10-14)15(16)5-2/h7-10,12,15-16H,4-6,11H2,1-3H3/t12?,15-/m1/s1. The Balaban J connectivity index is 2.45. The number of aliphatic hydroxyl groups is 1. The number of hydrogen-bond acceptors (Lipinski definition) is 2. The van der Waals surface area contributed by atoms with Crippen LogP contribution < -0.4 is 4.74 Å². The summed E-state index contributed by atoms with van der Waals surface area (Å²) in [4.78, 5) is 0. The van der Waals surface area contributed by atoms with E-state index in [2.05, 4.69) is 13.8 Å². The van der Waals surface area contributed by atoms with E-state index in [0.29, 0.717) is 5.92 Å². The minimum Gasteiger partial charge on any atom is -0.493 e. The molecule has 1 aromatic rings. The van der Waals surface area contributed by atoms with Gasteiger partial charge in [0.1, 0.15) is 5.75 Å². The number of ether oxygens (including phenoxy) is 1. The zero-order valence-corrected chi connectivity index (χ0v) is 11.1. The lowest BCUT2D eigenvalue weighted by Crippen LogP contribution is -2.08. The third-order valence-corrected chi connectivity index (χ3v) is 2.97. The highest BCUT2D eigenvalue weighted by Crippen LogP contribution is 2.20. The molecular formula is C15H24O2. The molecule has 1 rings (SSSR count). The summed E-state index contributed by atoms with van der Waals surface area (Å²) in [6, 6.07) is 7.75. The Labute approximate surface area is 105 Å². The van der Waals surface area contributed by atoms with Crippen LogP contribution in [0.5, 0.6) is 5.75 Å². The molecule has 0 saturated carbocycles. The monoisotopic (exact) mass is 236 g/mol. The van der Waals surface area contributed by atoms with Gasteiger partial charge in [0, 0.05) is 0 Å². The maximum Gasteiger partial charge on any atom is 0.119 e. The highest BCUT2D eigenvalue weighted by atomic mass is 16.5. The fraction of sp³-hybridized carbons (Fsp3) is 0.600. The van der Waals surface area contributed by atoms with E-state index in [1.54, 1.807) is 0 Å². The van der Waals surface area contributed by atoms with Crippen LogP contribution in [0.2, 0.25) is 0 Å². The quantitative estimate of drug-likeness (QED) is 0.777. The van der Waals surface area contributed by atoms with Crippen molar-refractivity contribution in [2.75, 3.05) is 6.61 Å². The predicted octanol–water partition coefficient (Wildman–Crippen LogP) is 3.95. The van der Waals surface area contributed by atoms with Crippen molar-refractivity contribution in [1.82, 2.24) is 0 Å². The van der Waals surface area contributed by atoms with Gasteiger partial charge in [-0.15, -0.1) is 0 Å². The van der Waals surface area contributed by atoms with Crippen molar-refractivity contribution in [3.05, 3.63) is 29.8 Å². The lowest BCUT2D eigenvalue weighted by atomic mass is 10.1. The van der Waals surface area contributed by atoms with Crippen LogP contribution in [0.4, 0.5) is 0 Å². The molecule has 0 bridgehead atoms. The van der Waals surface area contributed by atoms with Gasteiger partial charge in [0.25, 0.3) is 0 Å². The van der Waals surface area contributed by atoms with Crippen LogP contribution in [0.25, 0.3) is 0 Å². The number of aliphatic hydroxyl groups excluding tert-OH is 1. The van der Waals surface area contributed by atoms with Crippen LogP contribution in [0.3, 0.4) is 0 Å². The summed E-state index contributed by atoms with van der Waals surface area (Å²) in [6.07, 6.45) is 2.79. The first-order valence-electron chi connectivity index (χ1n) is 6.58. The van der Waals surface area contributed by atoms with Crippen LogP contribution >= 0.6 is 0 Å². The smallest absolute Gasteiger partial charge is 0.119 e. The van der Waals surface area contributed by atoms with E-state index in [4.69, 9.17) is 4.74 Å². The van der Waals surface area contributed by atoms with Gasteiger partial charge in [0.05, 0.1) is 12.7 Å². The van der Waals surface area contributed by atoms with Gasteiger partial charge in [0.2, 0.25) is 0 Å². The van der Waals surface area contributed by atoms with Gasteiger partial charge < -0.3 is 9.84 Å². The molecule has 2 heteroatoms. The van der Waals surface area contributed by atoms with Crippen LogP contribution in [0.1, 0.15) is 51.7 Å². The number of benzene rings is 1. The van der Waals surface area contributed by atoms with Gasteiger partial charge in [-0.25, -0.2) is 0 Å². The second-order valence-electron chi connectivity index (χ2n) is 4.70. The first-order valence-corrected chi connectivity index (χ1v) is 6.58. The van der Waals surface area contributed by atoms with Crippen LogP contribution in [0.15, 0.2) is 24.3 Å². The van der Waals surface area contributed by atoms with Crippen molar-refractivity contribution in [3.8, 4) is 5.75 Å². The van der Waals surface area contributed by atoms with Gasteiger partial charge in [-0.05, 0) is 36.5 Å². The van der Waals surface area contributed by atoms with E-state index in [9.17, 15) is 5.11 Å². The van der Waals surface area contributed by atoms with Crippen molar-refractivity contribution in [2.24, 2.45) is 5.92 Å². The SMILES string of the molecule is CCCC(C)COc1ccc([C@H](O)CC)cc1. The molecule has 0 aliphatic heterocycles. The van der Waals surface area contributed by atoms with Crippen molar-refractivity contribution in [2.45, 2.75) is 46.1 Å². The van der Waals surface area contributed by atoms with E-state index < -0.39 is 0 Å². The first-order chi connectivity index (χ1) is 8.17. The lowest BCUT2D eigenvalue weighted by Gasteiger charge is -2.13. The minimum absolute atomic E-state index is 0.358. The van der Waals surface area contributed by atoms with Gasteiger partial charge >= 0.3 is 0 Å². The summed E-state index contributed by atoms with van der Waals surface area (Å²) in [7, 11) is 0. The molecule has 0 amide bonds. The highest BCUT2D eigenvalue weighted by Gasteiger charge is 2.05. The summed E-state index contributed by atoms with van der Waals surface area (Å²) in [6.45, 7) is 7.14. The van der Waals surface area contributed by atoms with Crippen LogP contribution in [-0.2, 0) is 0 Å². The summed E-state index contributed by atoms with van der Waals surface area (Å²) >= 11 is 0. The molecule has 0 aromatic heterocycles. The fourth-order valence-electron chi connectivity index (χ4n) is 1.84. The topological polar surface area (TPSA) is 29.5 Å². The van der Waals surface area contributed by atoms with Crippen molar-refractivity contribution in [1.29, 1.82) is 0 Å². The predicted molar refractivity (Wildman–Crippen MR) is 71.3 cm³/mol. The van der Waals surface area contributed by atoms with E-state index in [-0.39, 0.29) is 6.10 Å². The zero-order valence-electron chi connectivity index (χ0n) is 11.1. The first kappa shape index (κ1) is 14.0. The van der Waals surface area contributed by atoms with Gasteiger partial charge in [-0.3, -0.25) is 0 Å². The Morgan fingerprint density at radius 3 is 2.35 bits per heavy atom. The Morgan fingerprint density at radius 1 is 1.18 bits per heavy atom. The Kier molecular flexibility index (Phi) is 6.06. The summed E-state index contributed by atoms with van der Waals surface area (Å²) < 4.78 is 5.71. The maximum atomic E-state index is 9.67. The fourth-order valence-corrected chi connectivity index (χ4v) is 1.84. The summed E-state index contributed by atoms with van der Waals surface area (Å²) in [5, 5.41) is 9.67. The molecule has 0 radical (unpaired) electrons. The van der Waals surface area contributed by atoms with E-state index in [1.165, 1.54) is 12.8 Å². The molecule has 17 heavy (non-hydrogen) atoms. The molecule has 0 aliphatic carbocycles. The molecule has 1 aromatic carbocycles. The maximum absolute atomic E-state index is 9.67. The average molecular weight is 236 g/mol. The van der Waals surface area contributed by atoms with Crippen molar-refractivity contribution in [3.63, 3.8) is 0 Å². The van der Waals surface area contributed by atoms with Crippen LogP contribution in [0, 0.1) is 5.92 Å². The highest BCUT2D eigenvalue weighted by molar-refractivity contribution is 5.28. The number of rotatable bonds is 7. The second kappa shape index (κ2) is 7.33. The summed E-state index contributed by atoms with van der Waals surface area (Å²) in [5.41, 5.74) is 0.960. The second-order valence-corrected chi connectivity index (χ2v) is 4.70. The normalized spacial score (nSPS) is 14.4. The zero-order chi connectivity index (χ0) is 12.7. The molecule has 0 fully saturated rings. The third-order valence-electron chi connectivity index (χ3n) is 2.97. The largest absolute Gasteiger partial charge is 0.493 e. The van der Waals surface area contributed by atoms with E-state index >= 15 is 0 Å². The van der Waals surface area contributed by atoms with Gasteiger partial charge in [-0.2, -0.15) is 0 Å². The third kappa shape index (κ3) is 4.78. The Morgan fingerprint density at radius 2 is 1.82 bits per heavy atom. The molecule has 0 aliphatic rings. The molecule has 0 saturated heterocycles. The molecule has 2 nitrogen and oxygen atoms in total. The average Bonchev–Trinajstić information content (AvgIpc) is 2.36. The molecule has 0 heterocycles. The molecule has 1 N–H and O–H groups in total. The van der Waals surface area contributed by atoms with Crippen molar-refractivity contribution < 1.29 is 9.84 Å². The molecule has 1 unspecified atom stereocenters. The summed E-state index contributed by atoms with van der Waals surface area (Å²) in [5.74, 6) is 1.49. The Bertz CT molecular complexity index is 305. The number of hydrogen-bond donors (Lipinski definition) is 1. The molecular weight excluding hydrogens is 212 g/mol. The molecule has 2 atom stereocenters. The Hall–Kier alpha value is -1.02.